The summed E-state index contributed by atoms with van der Waals surface area (Å²) in [7, 11) is 0. The maximum absolute atomic E-state index is 10.6. The molecule has 0 aliphatic heterocycles. The van der Waals surface area contributed by atoms with Crippen molar-refractivity contribution in [2.24, 2.45) is 0 Å². The van der Waals surface area contributed by atoms with Crippen molar-refractivity contribution in [3.63, 3.8) is 0 Å². The molecule has 5 heteroatoms. The van der Waals surface area contributed by atoms with Gasteiger partial charge in [-0.05, 0) is 25.5 Å². The van der Waals surface area contributed by atoms with E-state index in [2.05, 4.69) is 10.3 Å². The standard InChI is InChI=1S/C13H14N2O2S/c1-9-11(7-8-12(16)17)18-13(14-9)15-10-5-3-2-4-6-10/h2-6H,7-8H2,1H3,(H,14,15)(H,16,17). The maximum Gasteiger partial charge on any atom is 0.303 e. The molecular weight excluding hydrogens is 248 g/mol. The van der Waals surface area contributed by atoms with Gasteiger partial charge in [-0.25, -0.2) is 4.98 Å². The molecule has 4 nitrogen and oxygen atoms in total. The Hall–Kier alpha value is -1.88. The first kappa shape index (κ1) is 12.6. The minimum atomic E-state index is -0.777. The van der Waals surface area contributed by atoms with Crippen LogP contribution in [0.1, 0.15) is 17.0 Å². The fourth-order valence-corrected chi connectivity index (χ4v) is 2.56. The van der Waals surface area contributed by atoms with Gasteiger partial charge in [0.25, 0.3) is 0 Å². The van der Waals surface area contributed by atoms with Crippen LogP contribution in [0, 0.1) is 6.92 Å². The van der Waals surface area contributed by atoms with E-state index in [1.54, 1.807) is 0 Å². The number of para-hydroxylation sites is 1. The van der Waals surface area contributed by atoms with Crippen molar-refractivity contribution in [1.29, 1.82) is 0 Å². The number of nitrogens with zero attached hydrogens (tertiary/aromatic N) is 1. The SMILES string of the molecule is Cc1nc(Nc2ccccc2)sc1CCC(=O)O. The number of aromatic nitrogens is 1. The number of carboxylic acids is 1. The van der Waals surface area contributed by atoms with Crippen LogP contribution in [0.3, 0.4) is 0 Å². The quantitative estimate of drug-likeness (QED) is 0.868. The van der Waals surface area contributed by atoms with Gasteiger partial charge in [-0.15, -0.1) is 11.3 Å². The van der Waals surface area contributed by atoms with Gasteiger partial charge in [-0.3, -0.25) is 4.79 Å². The lowest BCUT2D eigenvalue weighted by molar-refractivity contribution is -0.136. The summed E-state index contributed by atoms with van der Waals surface area (Å²) >= 11 is 1.51. The van der Waals surface area contributed by atoms with Crippen LogP contribution in [0.5, 0.6) is 0 Å². The number of rotatable bonds is 5. The summed E-state index contributed by atoms with van der Waals surface area (Å²) in [4.78, 5) is 16.0. The zero-order chi connectivity index (χ0) is 13.0. The van der Waals surface area contributed by atoms with Crippen LogP contribution < -0.4 is 5.32 Å². The van der Waals surface area contributed by atoms with Gasteiger partial charge in [0.15, 0.2) is 5.13 Å². The molecule has 0 fully saturated rings. The second kappa shape index (κ2) is 5.64. The summed E-state index contributed by atoms with van der Waals surface area (Å²) in [5.41, 5.74) is 1.88. The Morgan fingerprint density at radius 2 is 2.11 bits per heavy atom. The molecule has 2 rings (SSSR count). The van der Waals surface area contributed by atoms with Crippen molar-refractivity contribution < 1.29 is 9.90 Å². The van der Waals surface area contributed by atoms with Crippen LogP contribution >= 0.6 is 11.3 Å². The van der Waals surface area contributed by atoms with E-state index in [9.17, 15) is 4.79 Å². The number of thiazole rings is 1. The van der Waals surface area contributed by atoms with Gasteiger partial charge in [-0.1, -0.05) is 18.2 Å². The van der Waals surface area contributed by atoms with E-state index in [1.165, 1.54) is 11.3 Å². The highest BCUT2D eigenvalue weighted by Crippen LogP contribution is 2.26. The molecule has 0 unspecified atom stereocenters. The van der Waals surface area contributed by atoms with E-state index in [4.69, 9.17) is 5.11 Å². The van der Waals surface area contributed by atoms with E-state index in [-0.39, 0.29) is 6.42 Å². The first-order valence-electron chi connectivity index (χ1n) is 5.65. The summed E-state index contributed by atoms with van der Waals surface area (Å²) in [6, 6.07) is 9.79. The van der Waals surface area contributed by atoms with Crippen molar-refractivity contribution in [2.75, 3.05) is 5.32 Å². The molecule has 94 valence electrons. The predicted molar refractivity (Wildman–Crippen MR) is 72.5 cm³/mol. The number of aryl methyl sites for hydroxylation is 2. The van der Waals surface area contributed by atoms with Gasteiger partial charge in [0, 0.05) is 10.6 Å². The third kappa shape index (κ3) is 3.30. The van der Waals surface area contributed by atoms with E-state index >= 15 is 0 Å². The number of carbonyl (C=O) groups is 1. The van der Waals surface area contributed by atoms with Gasteiger partial charge < -0.3 is 10.4 Å². The lowest BCUT2D eigenvalue weighted by atomic mass is 10.2. The molecule has 0 atom stereocenters. The molecule has 0 radical (unpaired) electrons. The minimum absolute atomic E-state index is 0.147. The summed E-state index contributed by atoms with van der Waals surface area (Å²) in [6.07, 6.45) is 0.684. The fraction of sp³-hybridized carbons (Fsp3) is 0.231. The van der Waals surface area contributed by atoms with E-state index in [0.717, 1.165) is 21.4 Å². The average molecular weight is 262 g/mol. The molecule has 2 aromatic rings. The van der Waals surface area contributed by atoms with Crippen molar-refractivity contribution in [3.8, 4) is 0 Å². The van der Waals surface area contributed by atoms with Crippen molar-refractivity contribution in [2.45, 2.75) is 19.8 Å². The number of hydrogen-bond acceptors (Lipinski definition) is 4. The Bertz CT molecular complexity index is 537. The third-order valence-electron chi connectivity index (χ3n) is 2.48. The van der Waals surface area contributed by atoms with Gasteiger partial charge in [0.1, 0.15) is 0 Å². The number of nitrogens with one attached hydrogen (secondary N) is 1. The molecule has 1 heterocycles. The number of hydrogen-bond donors (Lipinski definition) is 2. The summed E-state index contributed by atoms with van der Waals surface area (Å²) in [6.45, 7) is 1.91. The lowest BCUT2D eigenvalue weighted by Crippen LogP contribution is -1.96. The van der Waals surface area contributed by atoms with Crippen LogP contribution in [-0.2, 0) is 11.2 Å². The molecule has 0 bridgehead atoms. The Morgan fingerprint density at radius 3 is 2.78 bits per heavy atom. The first-order chi connectivity index (χ1) is 8.65. The largest absolute Gasteiger partial charge is 0.481 e. The van der Waals surface area contributed by atoms with Crippen molar-refractivity contribution >= 4 is 28.1 Å². The van der Waals surface area contributed by atoms with Crippen LogP contribution in [0.4, 0.5) is 10.8 Å². The van der Waals surface area contributed by atoms with Gasteiger partial charge in [-0.2, -0.15) is 0 Å². The zero-order valence-electron chi connectivity index (χ0n) is 10.0. The molecule has 0 amide bonds. The first-order valence-corrected chi connectivity index (χ1v) is 6.47. The summed E-state index contributed by atoms with van der Waals surface area (Å²) < 4.78 is 0. The van der Waals surface area contributed by atoms with Crippen LogP contribution in [-0.4, -0.2) is 16.1 Å². The highest BCUT2D eigenvalue weighted by molar-refractivity contribution is 7.15. The van der Waals surface area contributed by atoms with Crippen LogP contribution in [0.2, 0.25) is 0 Å². The van der Waals surface area contributed by atoms with Gasteiger partial charge >= 0.3 is 5.97 Å². The minimum Gasteiger partial charge on any atom is -0.481 e. The van der Waals surface area contributed by atoms with E-state index in [1.807, 2.05) is 37.3 Å². The summed E-state index contributed by atoms with van der Waals surface area (Å²) in [5.74, 6) is -0.777. The predicted octanol–water partition coefficient (Wildman–Crippen LogP) is 3.21. The molecule has 2 N–H and O–H groups in total. The van der Waals surface area contributed by atoms with Crippen LogP contribution in [0.25, 0.3) is 0 Å². The topological polar surface area (TPSA) is 62.2 Å². The Kier molecular flexibility index (Phi) is 3.94. The number of aliphatic carboxylic acids is 1. The Morgan fingerprint density at radius 1 is 1.39 bits per heavy atom. The normalized spacial score (nSPS) is 10.3. The van der Waals surface area contributed by atoms with E-state index in [0.29, 0.717) is 6.42 Å². The van der Waals surface area contributed by atoms with E-state index < -0.39 is 5.97 Å². The molecule has 18 heavy (non-hydrogen) atoms. The Labute approximate surface area is 109 Å². The number of carboxylic acid groups (broad SMARTS) is 1. The highest BCUT2D eigenvalue weighted by atomic mass is 32.1. The van der Waals surface area contributed by atoms with Crippen molar-refractivity contribution in [1.82, 2.24) is 4.98 Å². The molecule has 0 saturated heterocycles. The molecular formula is C13H14N2O2S. The van der Waals surface area contributed by atoms with Gasteiger partial charge in [0.05, 0.1) is 12.1 Å². The average Bonchev–Trinajstić information content (AvgIpc) is 2.68. The van der Waals surface area contributed by atoms with Crippen molar-refractivity contribution in [3.05, 3.63) is 40.9 Å². The second-order valence-corrected chi connectivity index (χ2v) is 5.00. The smallest absolute Gasteiger partial charge is 0.303 e. The maximum atomic E-state index is 10.6. The molecule has 0 aliphatic rings. The lowest BCUT2D eigenvalue weighted by Gasteiger charge is -2.00. The number of benzene rings is 1. The Balaban J connectivity index is 2.06. The second-order valence-electron chi connectivity index (χ2n) is 3.91. The zero-order valence-corrected chi connectivity index (χ0v) is 10.8. The number of anilines is 2. The van der Waals surface area contributed by atoms with Crippen LogP contribution in [0.15, 0.2) is 30.3 Å². The molecule has 1 aromatic carbocycles. The fourth-order valence-electron chi connectivity index (χ4n) is 1.58. The molecule has 0 spiro atoms. The monoisotopic (exact) mass is 262 g/mol. The highest BCUT2D eigenvalue weighted by Gasteiger charge is 2.09. The van der Waals surface area contributed by atoms with Gasteiger partial charge in [0.2, 0.25) is 0 Å². The molecule has 0 saturated carbocycles. The summed E-state index contributed by atoms with van der Waals surface area (Å²) in [5, 5.41) is 12.7. The third-order valence-corrected chi connectivity index (χ3v) is 3.62. The molecule has 1 aromatic heterocycles. The molecule has 0 aliphatic carbocycles.